The third kappa shape index (κ3) is 11.0. The number of quaternary nitrogens is 2. The van der Waals surface area contributed by atoms with Crippen LogP contribution in [0.25, 0.3) is 0 Å². The molecule has 0 spiro atoms. The van der Waals surface area contributed by atoms with Crippen LogP contribution in [0.5, 0.6) is 0 Å². The second kappa shape index (κ2) is 18.9. The molecule has 0 aromatic carbocycles. The summed E-state index contributed by atoms with van der Waals surface area (Å²) in [7, 11) is -9.81. The Morgan fingerprint density at radius 3 is 0.676 bits per heavy atom. The number of hydrogen-bond acceptors (Lipinski definition) is 4. The minimum absolute atomic E-state index is 0.0345. The van der Waals surface area contributed by atoms with Crippen molar-refractivity contribution in [1.29, 1.82) is 0 Å². The Morgan fingerprint density at radius 2 is 0.471 bits per heavy atom. The van der Waals surface area contributed by atoms with Crippen molar-refractivity contribution in [3.8, 4) is 0 Å². The highest BCUT2D eigenvalue weighted by atomic mass is 32.2. The van der Waals surface area contributed by atoms with Gasteiger partial charge in [-0.3, -0.25) is 0 Å². The lowest BCUT2D eigenvalue weighted by Crippen LogP contribution is -2.73. The van der Waals surface area contributed by atoms with E-state index >= 15 is 0 Å². The molecule has 0 aliphatic carbocycles. The molecule has 0 aliphatic rings. The Balaban J connectivity index is 5.57. The van der Waals surface area contributed by atoms with Gasteiger partial charge in [-0.25, -0.2) is 26.3 Å². The van der Waals surface area contributed by atoms with Crippen molar-refractivity contribution in [2.45, 2.75) is 108 Å². The summed E-state index contributed by atoms with van der Waals surface area (Å²) in [5.74, 6) is -85.3. The molecule has 0 saturated carbocycles. The second-order valence-corrected chi connectivity index (χ2v) is 19.4. The van der Waals surface area contributed by atoms with Crippen molar-refractivity contribution in [2.75, 3.05) is 67.5 Å². The van der Waals surface area contributed by atoms with Crippen LogP contribution in [0.3, 0.4) is 0 Å². The zero-order chi connectivity index (χ0) is 55.5. The summed E-state index contributed by atoms with van der Waals surface area (Å²) in [6, 6.07) is 0. The van der Waals surface area contributed by atoms with E-state index in [-0.39, 0.29) is 34.9 Å². The quantitative estimate of drug-likeness (QED) is 0.0488. The lowest BCUT2D eigenvalue weighted by Gasteiger charge is -2.41. The van der Waals surface area contributed by atoms with Crippen LogP contribution in [0.15, 0.2) is 0 Å². The zero-order valence-electron chi connectivity index (χ0n) is 33.8. The van der Waals surface area contributed by atoms with Crippen molar-refractivity contribution in [3.63, 3.8) is 0 Å². The van der Waals surface area contributed by atoms with Gasteiger partial charge in [0.1, 0.15) is 0 Å². The first-order valence-electron chi connectivity index (χ1n) is 17.4. The molecule has 40 heteroatoms. The van der Waals surface area contributed by atoms with Gasteiger partial charge in [0.2, 0.25) is 0 Å². The molecule has 0 bridgehead atoms. The molecular weight excluding hydrogens is 1090 g/mol. The maximum Gasteiger partial charge on any atom is 0.460 e. The van der Waals surface area contributed by atoms with Crippen LogP contribution in [-0.2, 0) is 20.0 Å². The predicted molar refractivity (Wildman–Crippen MR) is 167 cm³/mol. The van der Waals surface area contributed by atoms with Gasteiger partial charge in [0.05, 0.1) is 54.4 Å². The van der Waals surface area contributed by atoms with Crippen molar-refractivity contribution >= 4 is 20.0 Å². The molecule has 0 fully saturated rings. The lowest BCUT2D eigenvalue weighted by atomic mass is 9.94. The number of nitrogens with zero attached hydrogens (tertiary/aromatic N) is 2. The largest absolute Gasteiger partial charge is 0.460 e. The number of hydrogen-bond donors (Lipinski definition) is 2. The normalized spacial score (nSPS) is 16.4. The fourth-order valence-electron chi connectivity index (χ4n) is 5.15. The van der Waals surface area contributed by atoms with Gasteiger partial charge in [-0.15, -0.1) is 0 Å². The molecule has 8 nitrogen and oxygen atoms in total. The molecule has 0 saturated heterocycles. The summed E-state index contributed by atoms with van der Waals surface area (Å²) in [6.45, 7) is -3.97. The number of alkyl halides is 30. The molecule has 0 radical (unpaired) electrons. The summed E-state index contributed by atoms with van der Waals surface area (Å²) < 4.78 is 450. The Morgan fingerprint density at radius 1 is 0.294 bits per heavy atom. The number of nitrogens with one attached hydrogen (secondary N) is 2. The van der Waals surface area contributed by atoms with Gasteiger partial charge in [-0.1, -0.05) is 0 Å². The molecule has 0 unspecified atom stereocenters. The maximum absolute atomic E-state index is 14.2. The third-order valence-electron chi connectivity index (χ3n) is 9.51. The fraction of sp³-hybridized carbons (Fsp3) is 1.00. The summed E-state index contributed by atoms with van der Waals surface area (Å²) in [4.78, 5) is 0. The Kier molecular flexibility index (Phi) is 18.3. The van der Waals surface area contributed by atoms with Crippen LogP contribution < -0.4 is 9.44 Å². The molecule has 0 aliphatic heterocycles. The van der Waals surface area contributed by atoms with Crippen LogP contribution in [0, 0.1) is 0 Å². The first-order valence-corrected chi connectivity index (χ1v) is 20.4. The Hall–Kier alpha value is -2.36. The summed E-state index contributed by atoms with van der Waals surface area (Å²) >= 11 is 0. The van der Waals surface area contributed by atoms with Crippen molar-refractivity contribution in [3.05, 3.63) is 0 Å². The van der Waals surface area contributed by atoms with Gasteiger partial charge in [0.25, 0.3) is 20.0 Å². The van der Waals surface area contributed by atoms with E-state index in [1.54, 1.807) is 0 Å². The third-order valence-corrected chi connectivity index (χ3v) is 12.5. The SMILES string of the molecule is C[N+](C)(CCCC[N+](C)(C)CCCNS(=O)(=O)C(F)(F)C(F)(F)C(F)(F)C(F)(F)C(F)(F)C(F)(F)C(F)(F)F)CCCNS(=O)(=O)C(F)(F)C(F)(F)C(F)(F)C(F)(F)C(F)(F)C(F)(F)C(F)(F)F. The van der Waals surface area contributed by atoms with Crippen LogP contribution in [-0.4, -0.2) is 175 Å². The van der Waals surface area contributed by atoms with E-state index in [1.807, 2.05) is 0 Å². The molecule has 2 N–H and O–H groups in total. The van der Waals surface area contributed by atoms with E-state index in [1.165, 1.54) is 28.2 Å². The van der Waals surface area contributed by atoms with Crippen molar-refractivity contribution in [1.82, 2.24) is 9.44 Å². The van der Waals surface area contributed by atoms with Gasteiger partial charge in [0, 0.05) is 38.8 Å². The van der Waals surface area contributed by atoms with Crippen LogP contribution >= 0.6 is 0 Å². The van der Waals surface area contributed by atoms with Crippen molar-refractivity contribution in [2.24, 2.45) is 0 Å². The molecule has 0 aromatic rings. The highest BCUT2D eigenvalue weighted by Crippen LogP contribution is 2.64. The number of halogens is 30. The average Bonchev–Trinajstić information content (AvgIpc) is 3.11. The number of rotatable bonds is 27. The second-order valence-electron chi connectivity index (χ2n) is 15.7. The fourth-order valence-corrected chi connectivity index (χ4v) is 7.27. The van der Waals surface area contributed by atoms with Crippen molar-refractivity contribution < 1.29 is 158 Å². The summed E-state index contributed by atoms with van der Waals surface area (Å²) in [6.07, 6.45) is -17.3. The summed E-state index contributed by atoms with van der Waals surface area (Å²) in [5, 5.41) is -15.3. The van der Waals surface area contributed by atoms with E-state index in [9.17, 15) is 149 Å². The first kappa shape index (κ1) is 65.6. The van der Waals surface area contributed by atoms with Gasteiger partial charge < -0.3 is 8.97 Å². The topological polar surface area (TPSA) is 92.3 Å². The van der Waals surface area contributed by atoms with Gasteiger partial charge in [0.15, 0.2) is 0 Å². The van der Waals surface area contributed by atoms with Crippen LogP contribution in [0.1, 0.15) is 25.7 Å². The molecule has 0 rings (SSSR count). The van der Waals surface area contributed by atoms with Gasteiger partial charge >= 0.3 is 82.1 Å². The van der Waals surface area contributed by atoms with E-state index < -0.39 is 141 Å². The summed E-state index contributed by atoms with van der Waals surface area (Å²) in [5.41, 5.74) is 0. The van der Waals surface area contributed by atoms with Gasteiger partial charge in [-0.05, 0) is 0 Å². The maximum atomic E-state index is 14.2. The zero-order valence-corrected chi connectivity index (χ0v) is 35.4. The average molecular weight is 1120 g/mol. The molecule has 0 aromatic heterocycles. The molecule has 410 valence electrons. The molecule has 0 amide bonds. The smallest absolute Gasteiger partial charge is 0.328 e. The van der Waals surface area contributed by atoms with Crippen LogP contribution in [0.2, 0.25) is 0 Å². The monoisotopic (exact) mass is 1120 g/mol. The highest BCUT2D eigenvalue weighted by molar-refractivity contribution is 7.90. The number of unbranched alkanes of at least 4 members (excludes halogenated alkanes) is 1. The van der Waals surface area contributed by atoms with Crippen LogP contribution in [0.4, 0.5) is 132 Å². The number of sulfonamides is 2. The molecule has 0 atom stereocenters. The minimum Gasteiger partial charge on any atom is -0.328 e. The van der Waals surface area contributed by atoms with E-state index in [4.69, 9.17) is 0 Å². The van der Waals surface area contributed by atoms with E-state index in [0.29, 0.717) is 9.44 Å². The highest BCUT2D eigenvalue weighted by Gasteiger charge is 2.96. The molecule has 0 heterocycles. The molecule has 68 heavy (non-hydrogen) atoms. The Bertz CT molecular complexity index is 1810. The van der Waals surface area contributed by atoms with Gasteiger partial charge in [-0.2, -0.15) is 132 Å². The minimum atomic E-state index is -8.74. The predicted octanol–water partition coefficient (Wildman–Crippen LogP) is 9.20. The van der Waals surface area contributed by atoms with E-state index in [0.717, 1.165) is 0 Å². The standard InChI is InChI=1S/C28H34F30N4O4S2/c1-61(2,13-7-9-59-67(63,64)27(55,56)23(45,46)19(37,38)15(29,30)17(33,34)21(41,42)25(49,50)51)11-5-6-12-62(3,4)14-8-10-60-68(65,66)28(57,58)24(47,48)20(39,40)16(31,32)18(35,36)22(43,44)26(52,53)54/h59-60H,5-14H2,1-4H3/q+2. The molecular formula is C28H34F30N4O4S2+2. The Labute approximate surface area is 362 Å². The van der Waals surface area contributed by atoms with E-state index in [2.05, 4.69) is 0 Å². The first-order chi connectivity index (χ1) is 29.1. The lowest BCUT2D eigenvalue weighted by molar-refractivity contribution is -0.896.